The lowest BCUT2D eigenvalue weighted by Gasteiger charge is -2.43. The molecule has 0 amide bonds. The number of nitrogens with two attached hydrogens (primary N) is 1. The summed E-state index contributed by atoms with van der Waals surface area (Å²) in [6, 6.07) is 0. The van der Waals surface area contributed by atoms with Crippen LogP contribution in [0, 0.1) is 6.92 Å². The first-order valence-electron chi connectivity index (χ1n) is 14.7. The number of hydrogen-bond donors (Lipinski definition) is 1. The van der Waals surface area contributed by atoms with Crippen molar-refractivity contribution < 1.29 is 31.0 Å². The Labute approximate surface area is 270 Å². The third-order valence-electron chi connectivity index (χ3n) is 9.40. The fourth-order valence-electron chi connectivity index (χ4n) is 4.64. The minimum Gasteiger partial charge on any atom is -0.414 e. The molecule has 250 valence electrons. The van der Waals surface area contributed by atoms with E-state index < -0.39 is 67.9 Å². The van der Waals surface area contributed by atoms with Gasteiger partial charge in [-0.15, -0.1) is 0 Å². The van der Waals surface area contributed by atoms with E-state index in [0.29, 0.717) is 16.3 Å². The molecular formula is C28H48BrN3O9SSi2. The van der Waals surface area contributed by atoms with Gasteiger partial charge in [-0.25, -0.2) is 8.98 Å². The van der Waals surface area contributed by atoms with Crippen molar-refractivity contribution >= 4 is 48.6 Å². The van der Waals surface area contributed by atoms with E-state index in [2.05, 4.69) is 36.7 Å². The maximum atomic E-state index is 13.9. The molecule has 44 heavy (non-hydrogen) atoms. The summed E-state index contributed by atoms with van der Waals surface area (Å²) < 4.78 is 53.4. The lowest BCUT2D eigenvalue weighted by atomic mass is 9.89. The molecule has 0 saturated carbocycles. The van der Waals surface area contributed by atoms with Crippen molar-refractivity contribution in [3.05, 3.63) is 43.7 Å². The number of aromatic nitrogens is 2. The van der Waals surface area contributed by atoms with Gasteiger partial charge < -0.3 is 19.3 Å². The molecule has 3 rings (SSSR count). The molecule has 1 aromatic heterocycles. The molecule has 1 saturated heterocycles. The van der Waals surface area contributed by atoms with Crippen molar-refractivity contribution in [2.24, 2.45) is 5.73 Å². The van der Waals surface area contributed by atoms with E-state index in [4.69, 9.17) is 23.5 Å². The number of aryl methyl sites for hydroxylation is 1. The molecule has 0 aliphatic carbocycles. The predicted octanol–water partition coefficient (Wildman–Crippen LogP) is 4.34. The van der Waals surface area contributed by atoms with Crippen LogP contribution in [0.15, 0.2) is 26.9 Å². The average Bonchev–Trinajstić information content (AvgIpc) is 3.28. The third kappa shape index (κ3) is 6.82. The molecular weight excluding hydrogens is 690 g/mol. The van der Waals surface area contributed by atoms with Gasteiger partial charge in [-0.05, 0) is 49.6 Å². The Morgan fingerprint density at radius 3 is 2.14 bits per heavy atom. The van der Waals surface area contributed by atoms with Crippen LogP contribution in [0.1, 0.15) is 71.0 Å². The number of alkyl halides is 1. The fraction of sp³-hybridized carbons (Fsp3) is 0.750. The highest BCUT2D eigenvalue weighted by Crippen LogP contribution is 2.52. The number of hydrogen-bond acceptors (Lipinski definition) is 10. The maximum Gasteiger partial charge on any atom is 0.340 e. The number of nitrogens with zero attached hydrogens (tertiary/aromatic N) is 2. The smallest absolute Gasteiger partial charge is 0.340 e. The minimum atomic E-state index is -4.27. The standard InChI is InChI=1S/C28H48BrN3O9SSi2/c1-18-15-31(25(35)32(23(18)34)21(33)13-12-14-29)24-22(40-44(10,11)27(5,6)7)28(19(30)17-42(36,37)41-28)20(39-24)16-38-43(8,9)26(2,3)4/h15,17,20,22,24H,12-14,16,30H2,1-11H3/t20-,22+,24-,28-/m1/s1. The van der Waals surface area contributed by atoms with Crippen LogP contribution in [0.2, 0.25) is 36.3 Å². The van der Waals surface area contributed by atoms with Crippen LogP contribution in [-0.4, -0.2) is 69.8 Å². The number of carbonyl (C=O) groups is 1. The second kappa shape index (κ2) is 12.3. The molecule has 1 aromatic rings. The zero-order valence-corrected chi connectivity index (χ0v) is 32.0. The van der Waals surface area contributed by atoms with Crippen molar-refractivity contribution in [1.82, 2.24) is 9.13 Å². The van der Waals surface area contributed by atoms with Crippen LogP contribution in [0.25, 0.3) is 0 Å². The van der Waals surface area contributed by atoms with Gasteiger partial charge in [0, 0.05) is 23.5 Å². The first-order chi connectivity index (χ1) is 19.8. The van der Waals surface area contributed by atoms with Crippen LogP contribution in [0.3, 0.4) is 0 Å². The Morgan fingerprint density at radius 1 is 1.09 bits per heavy atom. The van der Waals surface area contributed by atoms with Crippen molar-refractivity contribution in [3.8, 4) is 0 Å². The van der Waals surface area contributed by atoms with Crippen LogP contribution >= 0.6 is 15.9 Å². The highest BCUT2D eigenvalue weighted by atomic mass is 79.9. The molecule has 1 fully saturated rings. The number of rotatable bonds is 9. The van der Waals surface area contributed by atoms with E-state index in [1.165, 1.54) is 13.1 Å². The van der Waals surface area contributed by atoms with Crippen LogP contribution in [0.4, 0.5) is 0 Å². The average molecular weight is 739 g/mol. The molecule has 1 spiro atoms. The lowest BCUT2D eigenvalue weighted by Crippen LogP contribution is -2.59. The van der Waals surface area contributed by atoms with Crippen LogP contribution in [-0.2, 0) is 27.9 Å². The molecule has 0 aromatic carbocycles. The number of ether oxygens (including phenoxy) is 1. The lowest BCUT2D eigenvalue weighted by molar-refractivity contribution is -0.0566. The quantitative estimate of drug-likeness (QED) is 0.220. The Kier molecular flexibility index (Phi) is 10.4. The molecule has 16 heteroatoms. The fourth-order valence-corrected chi connectivity index (χ4v) is 8.43. The molecule has 4 atom stereocenters. The van der Waals surface area contributed by atoms with Gasteiger partial charge in [0.05, 0.1) is 17.7 Å². The minimum absolute atomic E-state index is 0.0385. The second-order valence-corrected chi connectivity index (χ2v) is 26.4. The van der Waals surface area contributed by atoms with Gasteiger partial charge in [-0.2, -0.15) is 13.0 Å². The van der Waals surface area contributed by atoms with Gasteiger partial charge in [-0.3, -0.25) is 14.2 Å². The summed E-state index contributed by atoms with van der Waals surface area (Å²) in [4.78, 5) is 40.1. The Bertz CT molecular complexity index is 1540. The van der Waals surface area contributed by atoms with Gasteiger partial charge in [0.1, 0.15) is 12.2 Å². The number of halogens is 1. The Balaban J connectivity index is 2.31. The van der Waals surface area contributed by atoms with E-state index in [0.717, 1.165) is 9.98 Å². The molecule has 0 unspecified atom stereocenters. The van der Waals surface area contributed by atoms with E-state index in [-0.39, 0.29) is 34.4 Å². The molecule has 0 bridgehead atoms. The first-order valence-corrected chi connectivity index (χ1v) is 23.1. The second-order valence-electron chi connectivity index (χ2n) is 14.7. The summed E-state index contributed by atoms with van der Waals surface area (Å²) in [7, 11) is -9.42. The van der Waals surface area contributed by atoms with Crippen molar-refractivity contribution in [3.63, 3.8) is 0 Å². The summed E-state index contributed by atoms with van der Waals surface area (Å²) in [5.74, 6) is -0.664. The van der Waals surface area contributed by atoms with Crippen LogP contribution in [0.5, 0.6) is 0 Å². The highest BCUT2D eigenvalue weighted by molar-refractivity contribution is 9.09. The summed E-state index contributed by atoms with van der Waals surface area (Å²) in [6.07, 6.45) is -2.02. The Morgan fingerprint density at radius 2 is 1.66 bits per heavy atom. The molecule has 0 radical (unpaired) electrons. The Hall–Kier alpha value is -1.41. The summed E-state index contributed by atoms with van der Waals surface area (Å²) in [5, 5.41) is 0.824. The molecule has 3 heterocycles. The zero-order valence-electron chi connectivity index (χ0n) is 27.6. The van der Waals surface area contributed by atoms with Crippen molar-refractivity contribution in [1.29, 1.82) is 0 Å². The molecule has 12 nitrogen and oxygen atoms in total. The predicted molar refractivity (Wildman–Crippen MR) is 177 cm³/mol. The largest absolute Gasteiger partial charge is 0.414 e. The summed E-state index contributed by atoms with van der Waals surface area (Å²) >= 11 is 3.27. The van der Waals surface area contributed by atoms with Gasteiger partial charge in [0.15, 0.2) is 28.5 Å². The zero-order chi connectivity index (χ0) is 33.8. The van der Waals surface area contributed by atoms with Gasteiger partial charge >= 0.3 is 5.69 Å². The van der Waals surface area contributed by atoms with E-state index in [1.54, 1.807) is 0 Å². The third-order valence-corrected chi connectivity index (χ3v) is 20.0. The van der Waals surface area contributed by atoms with Gasteiger partial charge in [0.25, 0.3) is 15.7 Å². The molecule has 2 N–H and O–H groups in total. The van der Waals surface area contributed by atoms with Crippen LogP contribution < -0.4 is 17.0 Å². The van der Waals surface area contributed by atoms with Crippen molar-refractivity contribution in [2.75, 3.05) is 11.9 Å². The highest BCUT2D eigenvalue weighted by Gasteiger charge is 2.67. The molecule has 2 aliphatic heterocycles. The van der Waals surface area contributed by atoms with Gasteiger partial charge in [-0.1, -0.05) is 57.5 Å². The first kappa shape index (κ1) is 37.1. The number of carbonyl (C=O) groups excluding carboxylic acids is 1. The normalized spacial score (nSPS) is 25.9. The molecule has 2 aliphatic rings. The maximum absolute atomic E-state index is 13.9. The van der Waals surface area contributed by atoms with E-state index in [9.17, 15) is 22.8 Å². The SMILES string of the molecule is Cc1cn([C@@H]2O[C@H](CO[Si](C)(C)C(C)(C)C)[C@@]3(OS(=O)(=O)C=C3N)[C@H]2O[Si](C)(C)C(C)(C)C)c(=O)n(C(=O)CCCBr)c1=O. The summed E-state index contributed by atoms with van der Waals surface area (Å²) in [6.45, 7) is 21.7. The van der Waals surface area contributed by atoms with Gasteiger partial charge in [0.2, 0.25) is 5.91 Å². The van der Waals surface area contributed by atoms with E-state index >= 15 is 0 Å². The monoisotopic (exact) mass is 737 g/mol. The summed E-state index contributed by atoms with van der Waals surface area (Å²) in [5.41, 5.74) is 2.94. The topological polar surface area (TPSA) is 158 Å². The van der Waals surface area contributed by atoms with E-state index in [1.807, 2.05) is 47.0 Å². The van der Waals surface area contributed by atoms with Crippen molar-refractivity contribution in [2.45, 2.75) is 122 Å².